The van der Waals surface area contributed by atoms with Gasteiger partial charge in [-0.1, -0.05) is 23.7 Å². The number of nitrogens with zero attached hydrogens (tertiary/aromatic N) is 3. The first-order chi connectivity index (χ1) is 11.9. The highest BCUT2D eigenvalue weighted by molar-refractivity contribution is 14.1. The third-order valence-electron chi connectivity index (χ3n) is 3.65. The molecule has 1 amide bonds. The maximum atomic E-state index is 12.6. The Labute approximate surface area is 162 Å². The van der Waals surface area contributed by atoms with Crippen LogP contribution in [-0.2, 0) is 24.8 Å². The highest BCUT2D eigenvalue weighted by atomic mass is 127. The van der Waals surface area contributed by atoms with Gasteiger partial charge in [0.25, 0.3) is 0 Å². The smallest absolute Gasteiger partial charge is 0.226 e. The zero-order valence-corrected chi connectivity index (χ0v) is 16.2. The third-order valence-corrected chi connectivity index (χ3v) is 4.49. The lowest BCUT2D eigenvalue weighted by atomic mass is 10.2. The zero-order chi connectivity index (χ0) is 18.0. The van der Waals surface area contributed by atoms with Crippen LogP contribution in [-0.4, -0.2) is 20.7 Å². The molecule has 0 aliphatic rings. The molecule has 1 aromatic carbocycles. The van der Waals surface area contributed by atoms with Crippen molar-refractivity contribution in [3.05, 3.63) is 66.6 Å². The molecule has 2 aromatic heterocycles. The number of nitrogens with one attached hydrogen (secondary N) is 1. The van der Waals surface area contributed by atoms with E-state index < -0.39 is 0 Å². The molecule has 3 aromatic rings. The van der Waals surface area contributed by atoms with Crippen LogP contribution >= 0.6 is 34.2 Å². The van der Waals surface area contributed by atoms with Crippen LogP contribution < -0.4 is 10.7 Å². The number of carbonyl (C=O) groups is 1. The van der Waals surface area contributed by atoms with Crippen LogP contribution in [0.4, 0.5) is 0 Å². The van der Waals surface area contributed by atoms with Crippen molar-refractivity contribution in [1.29, 1.82) is 0 Å². The number of hydrogen-bond donors (Lipinski definition) is 1. The Morgan fingerprint density at radius 2 is 2.04 bits per heavy atom. The first-order valence-electron chi connectivity index (χ1n) is 7.46. The van der Waals surface area contributed by atoms with Crippen LogP contribution in [0.5, 0.6) is 0 Å². The second kappa shape index (κ2) is 7.49. The number of fused-ring (bicyclic) bond motifs is 1. The number of rotatable bonds is 4. The number of amides is 1. The lowest BCUT2D eigenvalue weighted by Gasteiger charge is -2.08. The number of aromatic nitrogens is 3. The third kappa shape index (κ3) is 4.16. The molecule has 0 aliphatic heterocycles. The summed E-state index contributed by atoms with van der Waals surface area (Å²) in [5.41, 5.74) is 1.36. The van der Waals surface area contributed by atoms with Crippen LogP contribution in [0.25, 0.3) is 11.0 Å². The van der Waals surface area contributed by atoms with E-state index in [1.807, 2.05) is 12.1 Å². The van der Waals surface area contributed by atoms with Gasteiger partial charge in [-0.3, -0.25) is 9.59 Å². The molecule has 3 rings (SSSR count). The van der Waals surface area contributed by atoms with E-state index in [2.05, 4.69) is 38.0 Å². The van der Waals surface area contributed by atoms with Crippen molar-refractivity contribution in [2.75, 3.05) is 0 Å². The Kier molecular flexibility index (Phi) is 5.33. The molecule has 0 atom stereocenters. The highest BCUT2D eigenvalue weighted by Gasteiger charge is 2.14. The zero-order valence-electron chi connectivity index (χ0n) is 13.3. The molecule has 128 valence electrons. The fraction of sp³-hybridized carbons (Fsp3) is 0.176. The SMILES string of the molecule is Cn1nc(CC(=O)NCc2ccc(Cl)cc2)c(=O)c2cc(I)cnc21. The maximum Gasteiger partial charge on any atom is 0.226 e. The Hall–Kier alpha value is -2.00. The molecule has 0 bridgehead atoms. The average Bonchev–Trinajstić information content (AvgIpc) is 2.59. The summed E-state index contributed by atoms with van der Waals surface area (Å²) in [7, 11) is 1.71. The standard InChI is InChI=1S/C17H14ClIN4O2/c1-23-17-13(6-12(19)9-21-17)16(25)14(22-23)7-15(24)20-8-10-2-4-11(18)5-3-10/h2-6,9H,7-8H2,1H3,(H,20,24). The summed E-state index contributed by atoms with van der Waals surface area (Å²) in [6.07, 6.45) is 1.59. The van der Waals surface area contributed by atoms with Crippen LogP contribution in [0.15, 0.2) is 41.3 Å². The van der Waals surface area contributed by atoms with Gasteiger partial charge in [0.05, 0.1) is 11.8 Å². The molecule has 2 heterocycles. The van der Waals surface area contributed by atoms with Gasteiger partial charge in [-0.05, 0) is 46.4 Å². The largest absolute Gasteiger partial charge is 0.352 e. The molecule has 0 saturated carbocycles. The first-order valence-corrected chi connectivity index (χ1v) is 8.92. The molecule has 6 nitrogen and oxygen atoms in total. The Balaban J connectivity index is 1.78. The van der Waals surface area contributed by atoms with Gasteiger partial charge in [0.15, 0.2) is 5.65 Å². The fourth-order valence-electron chi connectivity index (χ4n) is 2.42. The Morgan fingerprint density at radius 1 is 1.32 bits per heavy atom. The van der Waals surface area contributed by atoms with Crippen molar-refractivity contribution in [3.8, 4) is 0 Å². The van der Waals surface area contributed by atoms with Gasteiger partial charge in [0.1, 0.15) is 5.69 Å². The second-order valence-corrected chi connectivity index (χ2v) is 7.19. The lowest BCUT2D eigenvalue weighted by Crippen LogP contribution is -2.29. The van der Waals surface area contributed by atoms with Crippen LogP contribution in [0.1, 0.15) is 11.3 Å². The number of pyridine rings is 1. The summed E-state index contributed by atoms with van der Waals surface area (Å²) in [5.74, 6) is -0.266. The number of aryl methyl sites for hydroxylation is 1. The van der Waals surface area contributed by atoms with Gasteiger partial charge in [-0.25, -0.2) is 9.67 Å². The Bertz CT molecular complexity index is 1000. The fourth-order valence-corrected chi connectivity index (χ4v) is 3.00. The van der Waals surface area contributed by atoms with Crippen molar-refractivity contribution in [1.82, 2.24) is 20.1 Å². The van der Waals surface area contributed by atoms with Crippen molar-refractivity contribution in [2.24, 2.45) is 7.05 Å². The summed E-state index contributed by atoms with van der Waals surface area (Å²) in [6.45, 7) is 0.364. The molecule has 8 heteroatoms. The highest BCUT2D eigenvalue weighted by Crippen LogP contribution is 2.11. The van der Waals surface area contributed by atoms with Crippen molar-refractivity contribution < 1.29 is 4.79 Å². The molecule has 0 saturated heterocycles. The molecule has 0 radical (unpaired) electrons. The summed E-state index contributed by atoms with van der Waals surface area (Å²) < 4.78 is 2.38. The van der Waals surface area contributed by atoms with Crippen molar-refractivity contribution >= 4 is 51.1 Å². The van der Waals surface area contributed by atoms with Crippen molar-refractivity contribution in [3.63, 3.8) is 0 Å². The normalized spacial score (nSPS) is 10.8. The topological polar surface area (TPSA) is 76.9 Å². The maximum absolute atomic E-state index is 12.6. The molecular formula is C17H14ClIN4O2. The van der Waals surface area contributed by atoms with E-state index in [9.17, 15) is 9.59 Å². The minimum atomic E-state index is -0.266. The van der Waals surface area contributed by atoms with Crippen LogP contribution in [0.3, 0.4) is 0 Å². The predicted molar refractivity (Wildman–Crippen MR) is 104 cm³/mol. The van der Waals surface area contributed by atoms with Gasteiger partial charge in [0, 0.05) is 28.4 Å². The van der Waals surface area contributed by atoms with Crippen LogP contribution in [0.2, 0.25) is 5.02 Å². The van der Waals surface area contributed by atoms with E-state index in [1.165, 1.54) is 4.68 Å². The lowest BCUT2D eigenvalue weighted by molar-refractivity contribution is -0.120. The Morgan fingerprint density at radius 3 is 2.76 bits per heavy atom. The van der Waals surface area contributed by atoms with E-state index in [0.29, 0.717) is 22.6 Å². The summed E-state index contributed by atoms with van der Waals surface area (Å²) in [4.78, 5) is 29.0. The van der Waals surface area contributed by atoms with Gasteiger partial charge in [-0.15, -0.1) is 0 Å². The molecule has 0 unspecified atom stereocenters. The molecule has 25 heavy (non-hydrogen) atoms. The molecule has 1 N–H and O–H groups in total. The molecular weight excluding hydrogens is 455 g/mol. The van der Waals surface area contributed by atoms with Gasteiger partial charge in [0.2, 0.25) is 11.3 Å². The molecule has 0 aliphatic carbocycles. The van der Waals surface area contributed by atoms with E-state index in [1.54, 1.807) is 31.4 Å². The first kappa shape index (κ1) is 17.8. The summed E-state index contributed by atoms with van der Waals surface area (Å²) >= 11 is 7.93. The van der Waals surface area contributed by atoms with E-state index in [-0.39, 0.29) is 23.5 Å². The number of benzene rings is 1. The van der Waals surface area contributed by atoms with Crippen molar-refractivity contribution in [2.45, 2.75) is 13.0 Å². The monoisotopic (exact) mass is 468 g/mol. The van der Waals surface area contributed by atoms with Crippen LogP contribution in [0, 0.1) is 3.57 Å². The summed E-state index contributed by atoms with van der Waals surface area (Å²) in [6, 6.07) is 8.95. The van der Waals surface area contributed by atoms with Gasteiger partial charge < -0.3 is 5.32 Å². The quantitative estimate of drug-likeness (QED) is 0.597. The average molecular weight is 469 g/mol. The van der Waals surface area contributed by atoms with E-state index in [0.717, 1.165) is 9.13 Å². The van der Waals surface area contributed by atoms with E-state index >= 15 is 0 Å². The number of halogens is 2. The molecule has 0 spiro atoms. The van der Waals surface area contributed by atoms with Gasteiger partial charge >= 0.3 is 0 Å². The van der Waals surface area contributed by atoms with Gasteiger partial charge in [-0.2, -0.15) is 5.10 Å². The number of hydrogen-bond acceptors (Lipinski definition) is 4. The van der Waals surface area contributed by atoms with E-state index in [4.69, 9.17) is 11.6 Å². The predicted octanol–water partition coefficient (Wildman–Crippen LogP) is 2.45. The second-order valence-electron chi connectivity index (χ2n) is 5.50. The molecule has 0 fully saturated rings. The number of carbonyl (C=O) groups excluding carboxylic acids is 1. The minimum Gasteiger partial charge on any atom is -0.352 e. The summed E-state index contributed by atoms with van der Waals surface area (Å²) in [5, 5.41) is 8.09. The minimum absolute atomic E-state index is 0.0817.